The number of carboxylic acids is 1. The number of amides is 1. The summed E-state index contributed by atoms with van der Waals surface area (Å²) in [5.74, 6) is -1.04. The zero-order chi connectivity index (χ0) is 24.2. The van der Waals surface area contributed by atoms with Gasteiger partial charge in [-0.1, -0.05) is 49.1 Å². The molecule has 1 fully saturated rings. The quantitative estimate of drug-likeness (QED) is 0.351. The Bertz CT molecular complexity index is 1280. The van der Waals surface area contributed by atoms with Gasteiger partial charge >= 0.3 is 0 Å². The Morgan fingerprint density at radius 3 is 2.68 bits per heavy atom. The molecule has 1 amide bonds. The lowest BCUT2D eigenvalue weighted by molar-refractivity contribution is -0.305. The first kappa shape index (κ1) is 23.7. The van der Waals surface area contributed by atoms with Crippen molar-refractivity contribution >= 4 is 46.3 Å². The molecule has 0 atom stereocenters. The van der Waals surface area contributed by atoms with Crippen molar-refractivity contribution in [2.24, 2.45) is 0 Å². The fraction of sp³-hybridized carbons (Fsp3) is 0.200. The monoisotopic (exact) mass is 492 g/mol. The van der Waals surface area contributed by atoms with Crippen molar-refractivity contribution < 1.29 is 19.4 Å². The van der Waals surface area contributed by atoms with Crippen molar-refractivity contribution in [3.05, 3.63) is 70.8 Å². The SMILES string of the molecule is CCCOc1ccc(-c2nn(-c3ccccc3)cc2/C=C2\SC(=S)N(CC(=O)[O-])C2=O)c(C)c1. The summed E-state index contributed by atoms with van der Waals surface area (Å²) in [7, 11) is 0. The standard InChI is InChI=1S/C25H23N3O4S2/c1-3-11-32-19-9-10-20(16(2)12-19)23-17(14-28(26-23)18-7-5-4-6-8-18)13-21-24(31)27(15-22(29)30)25(33)34-21/h4-10,12-14H,3,11,15H2,1-2H3,(H,29,30)/p-1/b21-13-. The number of carbonyl (C=O) groups is 2. The third-order valence-electron chi connectivity index (χ3n) is 5.14. The highest BCUT2D eigenvalue weighted by Crippen LogP contribution is 2.36. The molecule has 2 aromatic carbocycles. The van der Waals surface area contributed by atoms with Gasteiger partial charge in [0, 0.05) is 17.3 Å². The van der Waals surface area contributed by atoms with Crippen molar-refractivity contribution in [2.75, 3.05) is 13.2 Å². The number of carboxylic acid groups (broad SMARTS) is 1. The maximum Gasteiger partial charge on any atom is 0.266 e. The molecule has 0 saturated carbocycles. The van der Waals surface area contributed by atoms with Crippen LogP contribution < -0.4 is 9.84 Å². The van der Waals surface area contributed by atoms with Crippen LogP contribution in [0.1, 0.15) is 24.5 Å². The summed E-state index contributed by atoms with van der Waals surface area (Å²) in [5, 5.41) is 15.8. The minimum Gasteiger partial charge on any atom is -0.548 e. The summed E-state index contributed by atoms with van der Waals surface area (Å²) in [6.45, 7) is 4.11. The van der Waals surface area contributed by atoms with E-state index in [9.17, 15) is 14.7 Å². The Kier molecular flexibility index (Phi) is 7.14. The summed E-state index contributed by atoms with van der Waals surface area (Å²) < 4.78 is 7.69. The van der Waals surface area contributed by atoms with Gasteiger partial charge in [0.2, 0.25) is 0 Å². The molecule has 3 aromatic rings. The minimum atomic E-state index is -1.36. The second-order valence-corrected chi connectivity index (χ2v) is 9.35. The first-order valence-corrected chi connectivity index (χ1v) is 11.9. The molecule has 1 aromatic heterocycles. The number of aliphatic carboxylic acids is 1. The smallest absolute Gasteiger partial charge is 0.266 e. The Labute approximate surface area is 207 Å². The number of benzene rings is 2. The zero-order valence-corrected chi connectivity index (χ0v) is 20.3. The largest absolute Gasteiger partial charge is 0.548 e. The normalized spacial score (nSPS) is 14.8. The maximum absolute atomic E-state index is 12.8. The molecule has 9 heteroatoms. The second-order valence-electron chi connectivity index (χ2n) is 7.68. The number of ether oxygens (including phenoxy) is 1. The van der Waals surface area contributed by atoms with E-state index in [2.05, 4.69) is 6.92 Å². The van der Waals surface area contributed by atoms with Crippen LogP contribution in [-0.2, 0) is 9.59 Å². The fourth-order valence-electron chi connectivity index (χ4n) is 3.53. The van der Waals surface area contributed by atoms with Crippen molar-refractivity contribution in [1.29, 1.82) is 0 Å². The summed E-state index contributed by atoms with van der Waals surface area (Å²) >= 11 is 6.27. The number of thiocarbonyl (C=S) groups is 1. The van der Waals surface area contributed by atoms with Crippen LogP contribution >= 0.6 is 24.0 Å². The molecule has 0 spiro atoms. The van der Waals surface area contributed by atoms with E-state index < -0.39 is 18.4 Å². The number of nitrogens with zero attached hydrogens (tertiary/aromatic N) is 3. The third kappa shape index (κ3) is 5.05. The van der Waals surface area contributed by atoms with E-state index in [-0.39, 0.29) is 4.32 Å². The van der Waals surface area contributed by atoms with Gasteiger partial charge in [0.25, 0.3) is 5.91 Å². The Morgan fingerprint density at radius 2 is 2.00 bits per heavy atom. The topological polar surface area (TPSA) is 87.5 Å². The van der Waals surface area contributed by atoms with Crippen molar-refractivity contribution in [3.63, 3.8) is 0 Å². The van der Waals surface area contributed by atoms with Gasteiger partial charge < -0.3 is 14.6 Å². The molecular weight excluding hydrogens is 470 g/mol. The average molecular weight is 493 g/mol. The average Bonchev–Trinajstić information content (AvgIpc) is 3.34. The number of para-hydroxylation sites is 1. The molecule has 0 N–H and O–H groups in total. The van der Waals surface area contributed by atoms with Gasteiger partial charge in [-0.05, 0) is 55.3 Å². The first-order chi connectivity index (χ1) is 16.4. The van der Waals surface area contributed by atoms with Crippen LogP contribution in [0.4, 0.5) is 0 Å². The number of rotatable bonds is 8. The van der Waals surface area contributed by atoms with Crippen molar-refractivity contribution in [1.82, 2.24) is 14.7 Å². The van der Waals surface area contributed by atoms with E-state index in [0.717, 1.165) is 45.6 Å². The van der Waals surface area contributed by atoms with Crippen LogP contribution in [0, 0.1) is 6.92 Å². The molecule has 1 aliphatic heterocycles. The molecule has 7 nitrogen and oxygen atoms in total. The van der Waals surface area contributed by atoms with Crippen LogP contribution in [0.3, 0.4) is 0 Å². The van der Waals surface area contributed by atoms with Gasteiger partial charge in [-0.3, -0.25) is 9.69 Å². The molecule has 0 unspecified atom stereocenters. The van der Waals surface area contributed by atoms with Gasteiger partial charge in [-0.25, -0.2) is 4.68 Å². The number of hydrogen-bond acceptors (Lipinski definition) is 7. The molecule has 1 aliphatic rings. The Balaban J connectivity index is 1.78. The number of hydrogen-bond donors (Lipinski definition) is 0. The predicted octanol–water partition coefficient (Wildman–Crippen LogP) is 3.59. The van der Waals surface area contributed by atoms with E-state index >= 15 is 0 Å². The second kappa shape index (κ2) is 10.2. The summed E-state index contributed by atoms with van der Waals surface area (Å²) in [4.78, 5) is 25.2. The molecule has 1 saturated heterocycles. The van der Waals surface area contributed by atoms with E-state index in [1.54, 1.807) is 10.8 Å². The zero-order valence-electron chi connectivity index (χ0n) is 18.7. The maximum atomic E-state index is 12.8. The minimum absolute atomic E-state index is 0.186. The van der Waals surface area contributed by atoms with Crippen molar-refractivity contribution in [3.8, 4) is 22.7 Å². The van der Waals surface area contributed by atoms with Gasteiger partial charge in [-0.2, -0.15) is 5.10 Å². The van der Waals surface area contributed by atoms with E-state index in [1.165, 1.54) is 0 Å². The van der Waals surface area contributed by atoms with Crippen LogP contribution in [0.25, 0.3) is 23.0 Å². The van der Waals surface area contributed by atoms with Crippen LogP contribution in [0.5, 0.6) is 5.75 Å². The van der Waals surface area contributed by atoms with Crippen LogP contribution in [0.2, 0.25) is 0 Å². The highest BCUT2D eigenvalue weighted by atomic mass is 32.2. The molecule has 174 valence electrons. The highest BCUT2D eigenvalue weighted by Gasteiger charge is 2.32. The van der Waals surface area contributed by atoms with Gasteiger partial charge in [0.1, 0.15) is 15.8 Å². The summed E-state index contributed by atoms with van der Waals surface area (Å²) in [6.07, 6.45) is 4.47. The molecule has 34 heavy (non-hydrogen) atoms. The van der Waals surface area contributed by atoms with Crippen LogP contribution in [0.15, 0.2) is 59.6 Å². The van der Waals surface area contributed by atoms with E-state index in [0.29, 0.717) is 22.8 Å². The lowest BCUT2D eigenvalue weighted by atomic mass is 10.0. The number of aryl methyl sites for hydroxylation is 1. The number of aromatic nitrogens is 2. The molecule has 0 aliphatic carbocycles. The Hall–Kier alpha value is -3.43. The van der Waals surface area contributed by atoms with Crippen molar-refractivity contribution in [2.45, 2.75) is 20.3 Å². The fourth-order valence-corrected chi connectivity index (χ4v) is 4.78. The van der Waals surface area contributed by atoms with Gasteiger partial charge in [-0.15, -0.1) is 0 Å². The Morgan fingerprint density at radius 1 is 1.24 bits per heavy atom. The lowest BCUT2D eigenvalue weighted by Gasteiger charge is -2.14. The molecular formula is C25H22N3O4S2-. The molecule has 0 radical (unpaired) electrons. The highest BCUT2D eigenvalue weighted by molar-refractivity contribution is 8.26. The van der Waals surface area contributed by atoms with Gasteiger partial charge in [0.15, 0.2) is 0 Å². The number of carbonyl (C=O) groups excluding carboxylic acids is 2. The molecule has 0 bridgehead atoms. The third-order valence-corrected chi connectivity index (χ3v) is 6.51. The first-order valence-electron chi connectivity index (χ1n) is 10.7. The summed E-state index contributed by atoms with van der Waals surface area (Å²) in [6, 6.07) is 15.5. The lowest BCUT2D eigenvalue weighted by Crippen LogP contribution is -2.40. The van der Waals surface area contributed by atoms with E-state index in [4.69, 9.17) is 22.1 Å². The van der Waals surface area contributed by atoms with Crippen LogP contribution in [-0.4, -0.2) is 44.0 Å². The molecule has 4 rings (SSSR count). The van der Waals surface area contributed by atoms with Gasteiger partial charge in [0.05, 0.1) is 29.7 Å². The summed E-state index contributed by atoms with van der Waals surface area (Å²) in [5.41, 5.74) is 4.14. The molecule has 2 heterocycles. The van der Waals surface area contributed by atoms with E-state index in [1.807, 2.05) is 61.7 Å². The predicted molar refractivity (Wildman–Crippen MR) is 134 cm³/mol. The number of thioether (sulfide) groups is 1.